The van der Waals surface area contributed by atoms with Crippen LogP contribution in [0.3, 0.4) is 0 Å². The van der Waals surface area contributed by atoms with Crippen LogP contribution in [0.1, 0.15) is 18.2 Å². The van der Waals surface area contributed by atoms with E-state index in [1.165, 1.54) is 6.07 Å². The molecule has 1 aromatic heterocycles. The van der Waals surface area contributed by atoms with Crippen molar-refractivity contribution in [3.8, 4) is 0 Å². The molecular weight excluding hydrogens is 341 g/mol. The van der Waals surface area contributed by atoms with Crippen molar-refractivity contribution < 1.29 is 17.6 Å². The van der Waals surface area contributed by atoms with Crippen LogP contribution in [-0.2, 0) is 6.18 Å². The lowest BCUT2D eigenvalue weighted by molar-refractivity contribution is -0.137. The quantitative estimate of drug-likeness (QED) is 0.468. The van der Waals surface area contributed by atoms with Gasteiger partial charge in [0.25, 0.3) is 0 Å². The van der Waals surface area contributed by atoms with Crippen LogP contribution in [-0.4, -0.2) is 5.71 Å². The summed E-state index contributed by atoms with van der Waals surface area (Å²) in [7, 11) is 0. The molecule has 0 aliphatic carbocycles. The number of benzene rings is 2. The van der Waals surface area contributed by atoms with E-state index < -0.39 is 11.7 Å². The van der Waals surface area contributed by atoms with Crippen molar-refractivity contribution in [3.63, 3.8) is 0 Å². The molecule has 0 aliphatic heterocycles. The first kappa shape index (κ1) is 16.4. The highest BCUT2D eigenvalue weighted by Crippen LogP contribution is 2.33. The molecule has 1 heterocycles. The monoisotopic (exact) mass is 352 g/mol. The van der Waals surface area contributed by atoms with Crippen LogP contribution < -0.4 is 5.43 Å². The summed E-state index contributed by atoms with van der Waals surface area (Å²) < 4.78 is 43.9. The fourth-order valence-electron chi connectivity index (χ4n) is 2.15. The molecule has 3 nitrogen and oxygen atoms in total. The average Bonchev–Trinajstić information content (AvgIpc) is 2.96. The van der Waals surface area contributed by atoms with Gasteiger partial charge in [-0.2, -0.15) is 18.3 Å². The van der Waals surface area contributed by atoms with Gasteiger partial charge >= 0.3 is 6.18 Å². The largest absolute Gasteiger partial charge is 0.455 e. The molecule has 0 saturated carbocycles. The van der Waals surface area contributed by atoms with Crippen molar-refractivity contribution in [1.29, 1.82) is 0 Å². The van der Waals surface area contributed by atoms with Gasteiger partial charge in [-0.3, -0.25) is 5.43 Å². The van der Waals surface area contributed by atoms with Crippen molar-refractivity contribution in [3.05, 3.63) is 64.9 Å². The van der Waals surface area contributed by atoms with Crippen LogP contribution in [0.25, 0.3) is 11.0 Å². The molecule has 3 rings (SSSR count). The number of hydrazone groups is 1. The van der Waals surface area contributed by atoms with E-state index in [1.807, 2.05) is 30.3 Å². The third kappa shape index (κ3) is 3.38. The molecule has 0 spiro atoms. The van der Waals surface area contributed by atoms with Crippen molar-refractivity contribution in [2.45, 2.75) is 13.1 Å². The summed E-state index contributed by atoms with van der Waals surface area (Å²) in [6.45, 7) is 1.69. The number of alkyl halides is 3. The minimum atomic E-state index is -4.45. The molecule has 124 valence electrons. The Morgan fingerprint density at radius 1 is 1.12 bits per heavy atom. The number of hydrogen-bond acceptors (Lipinski definition) is 3. The lowest BCUT2D eigenvalue weighted by Gasteiger charge is -2.10. The lowest BCUT2D eigenvalue weighted by atomic mass is 10.2. The van der Waals surface area contributed by atoms with E-state index in [9.17, 15) is 13.2 Å². The number of furan rings is 1. The Kier molecular flexibility index (Phi) is 4.24. The van der Waals surface area contributed by atoms with Crippen molar-refractivity contribution in [2.24, 2.45) is 5.10 Å². The molecule has 0 atom stereocenters. The summed E-state index contributed by atoms with van der Waals surface area (Å²) in [4.78, 5) is 0. The summed E-state index contributed by atoms with van der Waals surface area (Å²) in [5.41, 5.74) is 3.03. The van der Waals surface area contributed by atoms with Gasteiger partial charge in [0.05, 0.1) is 16.3 Å². The van der Waals surface area contributed by atoms with Gasteiger partial charge in [-0.15, -0.1) is 0 Å². The number of nitrogens with one attached hydrogen (secondary N) is 1. The first-order valence-electron chi connectivity index (χ1n) is 7.00. The summed E-state index contributed by atoms with van der Waals surface area (Å²) in [6, 6.07) is 12.3. The highest BCUT2D eigenvalue weighted by atomic mass is 35.5. The second-order valence-electron chi connectivity index (χ2n) is 5.15. The summed E-state index contributed by atoms with van der Waals surface area (Å²) in [6.07, 6.45) is -4.45. The molecule has 0 radical (unpaired) electrons. The number of nitrogens with zero attached hydrogens (tertiary/aromatic N) is 1. The average molecular weight is 353 g/mol. The van der Waals surface area contributed by atoms with Gasteiger partial charge in [0.15, 0.2) is 5.76 Å². The van der Waals surface area contributed by atoms with E-state index in [4.69, 9.17) is 16.0 Å². The van der Waals surface area contributed by atoms with Crippen LogP contribution in [0, 0.1) is 0 Å². The first-order valence-corrected chi connectivity index (χ1v) is 7.38. The van der Waals surface area contributed by atoms with Crippen LogP contribution in [0.5, 0.6) is 0 Å². The molecular formula is C17H12ClF3N2O. The Morgan fingerprint density at radius 3 is 2.58 bits per heavy atom. The fraction of sp³-hybridized carbons (Fsp3) is 0.118. The normalized spacial score (nSPS) is 12.6. The second kappa shape index (κ2) is 6.20. The number of hydrogen-bond donors (Lipinski definition) is 1. The number of rotatable bonds is 3. The van der Waals surface area contributed by atoms with Gasteiger partial charge < -0.3 is 4.42 Å². The molecule has 0 fully saturated rings. The SMILES string of the molecule is C/C(=N/Nc1cc(C(F)(F)F)ccc1Cl)c1cc2ccccc2o1. The Morgan fingerprint density at radius 2 is 1.88 bits per heavy atom. The summed E-state index contributed by atoms with van der Waals surface area (Å²) >= 11 is 5.92. The lowest BCUT2D eigenvalue weighted by Crippen LogP contribution is -2.06. The Balaban J connectivity index is 1.87. The maximum Gasteiger partial charge on any atom is 0.416 e. The molecule has 24 heavy (non-hydrogen) atoms. The minimum absolute atomic E-state index is 0.0713. The summed E-state index contributed by atoms with van der Waals surface area (Å²) in [5.74, 6) is 0.520. The predicted molar refractivity (Wildman–Crippen MR) is 88.5 cm³/mol. The van der Waals surface area contributed by atoms with E-state index in [0.29, 0.717) is 17.1 Å². The predicted octanol–water partition coefficient (Wildman–Crippen LogP) is 5.94. The van der Waals surface area contributed by atoms with Crippen LogP contribution >= 0.6 is 11.6 Å². The molecule has 0 saturated heterocycles. The van der Waals surface area contributed by atoms with Gasteiger partial charge in [0.2, 0.25) is 0 Å². The molecule has 7 heteroatoms. The van der Waals surface area contributed by atoms with Gasteiger partial charge in [0.1, 0.15) is 11.3 Å². The van der Waals surface area contributed by atoms with E-state index in [-0.39, 0.29) is 10.7 Å². The Hall–Kier alpha value is -2.47. The Labute approximate surface area is 140 Å². The van der Waals surface area contributed by atoms with E-state index in [1.54, 1.807) is 6.92 Å². The van der Waals surface area contributed by atoms with Gasteiger partial charge in [-0.1, -0.05) is 29.8 Å². The zero-order valence-electron chi connectivity index (χ0n) is 12.5. The zero-order valence-corrected chi connectivity index (χ0v) is 13.2. The number of halogens is 4. The zero-order chi connectivity index (χ0) is 17.3. The van der Waals surface area contributed by atoms with Gasteiger partial charge in [-0.05, 0) is 37.3 Å². The third-order valence-corrected chi connectivity index (χ3v) is 3.75. The molecule has 1 N–H and O–H groups in total. The molecule has 3 aromatic rings. The van der Waals surface area contributed by atoms with Crippen molar-refractivity contribution in [2.75, 3.05) is 5.43 Å². The third-order valence-electron chi connectivity index (χ3n) is 3.42. The summed E-state index contributed by atoms with van der Waals surface area (Å²) in [5, 5.41) is 5.12. The minimum Gasteiger partial charge on any atom is -0.455 e. The van der Waals surface area contributed by atoms with Gasteiger partial charge in [0, 0.05) is 5.39 Å². The number of para-hydroxylation sites is 1. The maximum atomic E-state index is 12.8. The second-order valence-corrected chi connectivity index (χ2v) is 5.56. The molecule has 0 aliphatic rings. The molecule has 2 aromatic carbocycles. The Bertz CT molecular complexity index is 883. The van der Waals surface area contributed by atoms with E-state index in [0.717, 1.165) is 17.5 Å². The van der Waals surface area contributed by atoms with Crippen LogP contribution in [0.15, 0.2) is 58.0 Å². The smallest absolute Gasteiger partial charge is 0.416 e. The number of anilines is 1. The molecule has 0 bridgehead atoms. The van der Waals surface area contributed by atoms with Crippen LogP contribution in [0.4, 0.5) is 18.9 Å². The first-order chi connectivity index (χ1) is 11.3. The highest BCUT2D eigenvalue weighted by Gasteiger charge is 2.30. The van der Waals surface area contributed by atoms with Crippen molar-refractivity contribution >= 4 is 34.0 Å². The van der Waals surface area contributed by atoms with Gasteiger partial charge in [-0.25, -0.2) is 0 Å². The van der Waals surface area contributed by atoms with Crippen molar-refractivity contribution in [1.82, 2.24) is 0 Å². The topological polar surface area (TPSA) is 37.5 Å². The fourth-order valence-corrected chi connectivity index (χ4v) is 2.31. The standard InChI is InChI=1S/C17H12ClF3N2O/c1-10(16-8-11-4-2-3-5-15(11)24-16)22-23-14-9-12(17(19,20)21)6-7-13(14)18/h2-9,23H,1H3/b22-10-. The maximum absolute atomic E-state index is 12.8. The van der Waals surface area contributed by atoms with Crippen LogP contribution in [0.2, 0.25) is 5.02 Å². The number of fused-ring (bicyclic) bond motifs is 1. The molecule has 0 amide bonds. The van der Waals surface area contributed by atoms with E-state index in [2.05, 4.69) is 10.5 Å². The molecule has 0 unspecified atom stereocenters. The van der Waals surface area contributed by atoms with E-state index >= 15 is 0 Å². The highest BCUT2D eigenvalue weighted by molar-refractivity contribution is 6.33.